The van der Waals surface area contributed by atoms with Crippen LogP contribution >= 0.6 is 0 Å². The minimum absolute atomic E-state index is 0. The van der Waals surface area contributed by atoms with Crippen LogP contribution in [0.5, 0.6) is 34.5 Å². The number of para-hydroxylation sites is 6. The molecular weight excluding hydrogens is 1060 g/mol. The molecule has 0 spiro atoms. The average Bonchev–Trinajstić information content (AvgIpc) is 3.37. The summed E-state index contributed by atoms with van der Waals surface area (Å²) in [5.74, 6) is 1.48. The number of phenolic OH excluding ortho intramolecular Hbond substituents is 6. The molecule has 19 heteroatoms. The summed E-state index contributed by atoms with van der Waals surface area (Å²) in [7, 11) is 0. The van der Waals surface area contributed by atoms with Crippen LogP contribution in [0.2, 0.25) is 0 Å². The third-order valence-electron chi connectivity index (χ3n) is 11.0. The fraction of sp³-hybridized carbons (Fsp3) is 0.100. The van der Waals surface area contributed by atoms with E-state index in [1.807, 2.05) is 187 Å². The fourth-order valence-corrected chi connectivity index (χ4v) is 7.37. The average molecular weight is 1110 g/mol. The van der Waals surface area contributed by atoms with Crippen LogP contribution < -0.4 is 0 Å². The molecule has 384 valence electrons. The Kier molecular flexibility index (Phi) is 30.6. The first-order valence-corrected chi connectivity index (χ1v) is 23.0. The monoisotopic (exact) mass is 1110 g/mol. The molecule has 0 unspecified atom stereocenters. The Balaban J connectivity index is 0.000000908. The van der Waals surface area contributed by atoms with Crippen LogP contribution in [0, 0.1) is 41.5 Å². The molecule has 12 aromatic rings. The minimum atomic E-state index is 0. The molecule has 6 N–H and O–H groups in total. The molecule has 6 heterocycles. The quantitative estimate of drug-likeness (QED) is 0.0773. The first kappa shape index (κ1) is 71.6. The van der Waals surface area contributed by atoms with Gasteiger partial charge in [0.15, 0.2) is 0 Å². The zero-order valence-electron chi connectivity index (χ0n) is 44.2. The molecule has 0 aliphatic carbocycles. The maximum atomic E-state index is 9.43. The predicted octanol–water partition coefficient (Wildman–Crippen LogP) is 11.6. The van der Waals surface area contributed by atoms with Gasteiger partial charge in [-0.1, -0.05) is 109 Å². The van der Waals surface area contributed by atoms with E-state index in [-0.39, 0.29) is 120 Å². The van der Waals surface area contributed by atoms with Crippen LogP contribution in [0.1, 0.15) is 34.2 Å². The van der Waals surface area contributed by atoms with Gasteiger partial charge in [0.1, 0.15) is 67.6 Å². The van der Waals surface area contributed by atoms with Crippen molar-refractivity contribution in [1.29, 1.82) is 0 Å². The Labute approximate surface area is 500 Å². The standard InChI is InChI=1S/6C10H9NO.4Al.3O/c6*1-7-5-6-8-3-2-4-9(12)10(8)11-7;;;;;;;/h6*2-6,12H,1H3;;;;;;;/q;;;;;;4*+3;3*-2. The number of pyridine rings is 6. The predicted molar refractivity (Wildman–Crippen MR) is 314 cm³/mol. The molecule has 79 heavy (non-hydrogen) atoms. The van der Waals surface area contributed by atoms with Gasteiger partial charge < -0.3 is 47.1 Å². The van der Waals surface area contributed by atoms with Gasteiger partial charge in [-0.25, -0.2) is 29.9 Å². The summed E-state index contributed by atoms with van der Waals surface area (Å²) in [6.07, 6.45) is 0. The normalized spacial score (nSPS) is 9.49. The SMILES string of the molecule is Cc1ccc2cccc(O)c2n1.Cc1ccc2cccc(O)c2n1.Cc1ccc2cccc(O)c2n1.Cc1ccc2cccc(O)c2n1.Cc1ccc2cccc(O)c2n1.Cc1ccc2cccc(O)c2n1.[Al+3].[Al+3].[Al+3].[Al+3].[O-2].[O-2].[O-2]. The van der Waals surface area contributed by atoms with Crippen molar-refractivity contribution in [2.24, 2.45) is 0 Å². The van der Waals surface area contributed by atoms with Gasteiger partial charge in [-0.2, -0.15) is 0 Å². The summed E-state index contributed by atoms with van der Waals surface area (Å²) in [5.41, 5.74) is 9.59. The fourth-order valence-electron chi connectivity index (χ4n) is 7.37. The Morgan fingerprint density at radius 3 is 0.456 bits per heavy atom. The van der Waals surface area contributed by atoms with Crippen LogP contribution in [0.4, 0.5) is 0 Å². The first-order valence-electron chi connectivity index (χ1n) is 23.0. The minimum Gasteiger partial charge on any atom is -2.00 e. The molecule has 15 nitrogen and oxygen atoms in total. The molecule has 0 radical (unpaired) electrons. The Hall–Kier alpha value is -7.41. The topological polar surface area (TPSA) is 284 Å². The van der Waals surface area contributed by atoms with Gasteiger partial charge in [-0.05, 0) is 114 Å². The summed E-state index contributed by atoms with van der Waals surface area (Å²) < 4.78 is 0. The Morgan fingerprint density at radius 2 is 0.329 bits per heavy atom. The smallest absolute Gasteiger partial charge is 2.00 e. The second-order valence-corrected chi connectivity index (χ2v) is 16.8. The molecule has 12 rings (SSSR count). The summed E-state index contributed by atoms with van der Waals surface area (Å²) >= 11 is 0. The van der Waals surface area contributed by atoms with E-state index >= 15 is 0 Å². The van der Waals surface area contributed by atoms with Gasteiger partial charge in [-0.3, -0.25) is 0 Å². The number of hydrogen-bond acceptors (Lipinski definition) is 12. The van der Waals surface area contributed by atoms with Crippen molar-refractivity contribution in [3.63, 3.8) is 0 Å². The van der Waals surface area contributed by atoms with Gasteiger partial charge in [0.2, 0.25) is 0 Å². The Bertz CT molecular complexity index is 3220. The van der Waals surface area contributed by atoms with E-state index in [0.29, 0.717) is 33.1 Å². The van der Waals surface area contributed by atoms with E-state index in [0.717, 1.165) is 66.5 Å². The molecule has 0 bridgehead atoms. The van der Waals surface area contributed by atoms with Crippen LogP contribution in [-0.4, -0.2) is 130 Å². The van der Waals surface area contributed by atoms with Crippen LogP contribution in [0.3, 0.4) is 0 Å². The van der Waals surface area contributed by atoms with E-state index in [1.54, 1.807) is 36.4 Å². The van der Waals surface area contributed by atoms with Gasteiger partial charge in [0.05, 0.1) is 0 Å². The van der Waals surface area contributed by atoms with Gasteiger partial charge in [0.25, 0.3) is 0 Å². The van der Waals surface area contributed by atoms with Crippen LogP contribution in [0.15, 0.2) is 182 Å². The zero-order valence-corrected chi connectivity index (χ0v) is 48.8. The van der Waals surface area contributed by atoms with Crippen LogP contribution in [-0.2, 0) is 16.4 Å². The van der Waals surface area contributed by atoms with Crippen molar-refractivity contribution >= 4 is 135 Å². The first-order chi connectivity index (χ1) is 34.6. The molecular formula is C60H54Al4N6O9+6. The molecule has 6 aromatic heterocycles. The van der Waals surface area contributed by atoms with Crippen molar-refractivity contribution in [1.82, 2.24) is 29.9 Å². The zero-order chi connectivity index (χ0) is 51.3. The number of phenols is 6. The third kappa shape index (κ3) is 19.5. The molecule has 0 amide bonds. The molecule has 0 atom stereocenters. The molecule has 6 aromatic carbocycles. The van der Waals surface area contributed by atoms with Crippen molar-refractivity contribution in [2.75, 3.05) is 0 Å². The molecule has 0 saturated carbocycles. The summed E-state index contributed by atoms with van der Waals surface area (Å²) in [6, 6.07) is 55.7. The van der Waals surface area contributed by atoms with Crippen molar-refractivity contribution < 1.29 is 47.1 Å². The largest absolute Gasteiger partial charge is 3.00 e. The number of hydrogen-bond donors (Lipinski definition) is 6. The maximum absolute atomic E-state index is 9.43. The second kappa shape index (κ2) is 33.8. The number of fused-ring (bicyclic) bond motifs is 6. The molecule has 0 saturated heterocycles. The van der Waals surface area contributed by atoms with Gasteiger partial charge in [0, 0.05) is 66.5 Å². The summed E-state index contributed by atoms with van der Waals surface area (Å²) in [5, 5.41) is 62.4. The van der Waals surface area contributed by atoms with Gasteiger partial charge in [-0.15, -0.1) is 0 Å². The number of nitrogens with zero attached hydrogens (tertiary/aromatic N) is 6. The van der Waals surface area contributed by atoms with Gasteiger partial charge >= 0.3 is 69.4 Å². The number of aryl methyl sites for hydroxylation is 6. The van der Waals surface area contributed by atoms with Crippen LogP contribution in [0.25, 0.3) is 65.4 Å². The van der Waals surface area contributed by atoms with Crippen molar-refractivity contribution in [3.05, 3.63) is 216 Å². The van der Waals surface area contributed by atoms with E-state index < -0.39 is 0 Å². The van der Waals surface area contributed by atoms with E-state index in [9.17, 15) is 30.6 Å². The third-order valence-corrected chi connectivity index (χ3v) is 11.0. The molecule has 0 aliphatic rings. The van der Waals surface area contributed by atoms with E-state index in [4.69, 9.17) is 0 Å². The number of aromatic nitrogens is 6. The summed E-state index contributed by atoms with van der Waals surface area (Å²) in [4.78, 5) is 25.4. The molecule has 0 fully saturated rings. The van der Waals surface area contributed by atoms with Crippen molar-refractivity contribution in [2.45, 2.75) is 41.5 Å². The van der Waals surface area contributed by atoms with E-state index in [2.05, 4.69) is 29.9 Å². The maximum Gasteiger partial charge on any atom is 3.00 e. The van der Waals surface area contributed by atoms with E-state index in [1.165, 1.54) is 0 Å². The Morgan fingerprint density at radius 1 is 0.203 bits per heavy atom. The van der Waals surface area contributed by atoms with Crippen molar-refractivity contribution in [3.8, 4) is 34.5 Å². The molecule has 0 aliphatic heterocycles. The number of benzene rings is 6. The number of aromatic hydroxyl groups is 6. The second-order valence-electron chi connectivity index (χ2n) is 16.8. The summed E-state index contributed by atoms with van der Waals surface area (Å²) in [6.45, 7) is 11.5. The number of rotatable bonds is 0.